The molecular weight excluding hydrogens is 380 g/mol. The smallest absolute Gasteiger partial charge is 0.147 e. The molecule has 8 rings (SSSR count). The predicted molar refractivity (Wildman–Crippen MR) is 122 cm³/mol. The minimum Gasteiger partial charge on any atom is -0.290 e. The van der Waals surface area contributed by atoms with Crippen LogP contribution in [0.25, 0.3) is 50.0 Å². The molecule has 0 N–H and O–H groups in total. The van der Waals surface area contributed by atoms with Crippen molar-refractivity contribution in [3.05, 3.63) is 95.4 Å². The quantitative estimate of drug-likeness (QED) is 0.315. The Bertz CT molecular complexity index is 1740. The summed E-state index contributed by atoms with van der Waals surface area (Å²) in [5.41, 5.74) is 14.5. The number of benzene rings is 2. The summed E-state index contributed by atoms with van der Waals surface area (Å²) in [6.45, 7) is 0. The Morgan fingerprint density at radius 1 is 0.677 bits per heavy atom. The zero-order valence-electron chi connectivity index (χ0n) is 16.6. The number of nitrogens with zero attached hydrogens (tertiary/aromatic N) is 4. The minimum absolute atomic E-state index is 0.866. The van der Waals surface area contributed by atoms with Crippen LogP contribution in [0.5, 0.6) is 0 Å². The van der Waals surface area contributed by atoms with E-state index in [1.165, 1.54) is 39.1 Å². The van der Waals surface area contributed by atoms with E-state index in [9.17, 15) is 0 Å². The van der Waals surface area contributed by atoms with Crippen molar-refractivity contribution in [2.75, 3.05) is 0 Å². The van der Waals surface area contributed by atoms with E-state index < -0.39 is 0 Å². The van der Waals surface area contributed by atoms with Gasteiger partial charge < -0.3 is 0 Å². The lowest BCUT2D eigenvalue weighted by molar-refractivity contribution is 1.16. The van der Waals surface area contributed by atoms with Crippen LogP contribution in [-0.2, 0) is 12.8 Å². The molecule has 6 aromatic rings. The minimum atomic E-state index is 0.866. The number of hydrogen-bond donors (Lipinski definition) is 0. The molecule has 0 fully saturated rings. The van der Waals surface area contributed by atoms with Gasteiger partial charge in [-0.3, -0.25) is 14.4 Å². The van der Waals surface area contributed by atoms with Crippen molar-refractivity contribution in [2.24, 2.45) is 0 Å². The maximum absolute atomic E-state index is 5.13. The molecule has 144 valence electrons. The average molecular weight is 396 g/mol. The van der Waals surface area contributed by atoms with Gasteiger partial charge in [0, 0.05) is 29.8 Å². The topological polar surface area (TPSA) is 43.1 Å². The average Bonchev–Trinajstić information content (AvgIpc) is 3.47. The molecular formula is C27H16N4. The van der Waals surface area contributed by atoms with E-state index in [2.05, 4.69) is 57.9 Å². The molecule has 0 spiro atoms. The molecule has 0 aliphatic heterocycles. The molecule has 0 unspecified atom stereocenters. The van der Waals surface area contributed by atoms with Crippen LogP contribution in [0.2, 0.25) is 0 Å². The van der Waals surface area contributed by atoms with Crippen LogP contribution in [0.4, 0.5) is 0 Å². The van der Waals surface area contributed by atoms with Crippen LogP contribution in [0, 0.1) is 0 Å². The third kappa shape index (κ3) is 1.88. The Hall–Kier alpha value is -4.05. The van der Waals surface area contributed by atoms with E-state index in [0.717, 1.165) is 46.1 Å². The summed E-state index contributed by atoms with van der Waals surface area (Å²) in [5.74, 6) is 0. The van der Waals surface area contributed by atoms with Crippen molar-refractivity contribution < 1.29 is 0 Å². The zero-order chi connectivity index (χ0) is 20.1. The Morgan fingerprint density at radius 2 is 1.48 bits per heavy atom. The van der Waals surface area contributed by atoms with Gasteiger partial charge in [-0.05, 0) is 70.6 Å². The van der Waals surface area contributed by atoms with E-state index in [0.29, 0.717) is 0 Å². The highest BCUT2D eigenvalue weighted by Gasteiger charge is 2.30. The molecule has 4 nitrogen and oxygen atoms in total. The van der Waals surface area contributed by atoms with Crippen LogP contribution >= 0.6 is 0 Å². The fourth-order valence-electron chi connectivity index (χ4n) is 5.59. The fraction of sp³-hybridized carbons (Fsp3) is 0.0741. The molecule has 4 aromatic heterocycles. The number of pyridine rings is 3. The summed E-state index contributed by atoms with van der Waals surface area (Å²) < 4.78 is 2.31. The summed E-state index contributed by atoms with van der Waals surface area (Å²) in [5, 5.41) is 1.05. The lowest BCUT2D eigenvalue weighted by Crippen LogP contribution is -1.97. The van der Waals surface area contributed by atoms with Crippen LogP contribution in [0.15, 0.2) is 73.1 Å². The standard InChI is InChI=1S/C27H16N4/c1-2-6-18-15(5-1)11-16-13-21-17(12-20(16)18)14-22-26(21)31-23-8-4-10-29-25(23)24-19(27(31)30-22)7-3-9-28-24/h1-10,12-13H,11,14H2. The van der Waals surface area contributed by atoms with E-state index in [1.54, 1.807) is 0 Å². The maximum Gasteiger partial charge on any atom is 0.147 e. The second-order valence-electron chi connectivity index (χ2n) is 8.51. The highest BCUT2D eigenvalue weighted by atomic mass is 15.0. The number of imidazole rings is 1. The zero-order valence-corrected chi connectivity index (χ0v) is 16.6. The molecule has 4 heteroatoms. The number of aromatic nitrogens is 4. The van der Waals surface area contributed by atoms with E-state index in [-0.39, 0.29) is 0 Å². The summed E-state index contributed by atoms with van der Waals surface area (Å²) >= 11 is 0. The van der Waals surface area contributed by atoms with Gasteiger partial charge in [0.25, 0.3) is 0 Å². The van der Waals surface area contributed by atoms with Gasteiger partial charge >= 0.3 is 0 Å². The van der Waals surface area contributed by atoms with Crippen molar-refractivity contribution in [1.82, 2.24) is 19.4 Å². The molecule has 0 amide bonds. The fourth-order valence-corrected chi connectivity index (χ4v) is 5.59. The molecule has 2 aromatic carbocycles. The largest absolute Gasteiger partial charge is 0.290 e. The first-order valence-corrected chi connectivity index (χ1v) is 10.6. The lowest BCUT2D eigenvalue weighted by atomic mass is 9.99. The summed E-state index contributed by atoms with van der Waals surface area (Å²) in [6.07, 6.45) is 5.54. The Labute approximate surface area is 177 Å². The van der Waals surface area contributed by atoms with Gasteiger partial charge in [-0.2, -0.15) is 0 Å². The maximum atomic E-state index is 5.13. The molecule has 2 aliphatic rings. The van der Waals surface area contributed by atoms with Gasteiger partial charge in [-0.1, -0.05) is 24.3 Å². The van der Waals surface area contributed by atoms with Crippen molar-refractivity contribution in [1.29, 1.82) is 0 Å². The monoisotopic (exact) mass is 396 g/mol. The van der Waals surface area contributed by atoms with Crippen LogP contribution in [0.1, 0.15) is 22.4 Å². The Morgan fingerprint density at radius 3 is 2.45 bits per heavy atom. The highest BCUT2D eigenvalue weighted by Crippen LogP contribution is 2.45. The predicted octanol–water partition coefficient (Wildman–Crippen LogP) is 5.57. The number of rotatable bonds is 0. The van der Waals surface area contributed by atoms with Crippen molar-refractivity contribution in [3.8, 4) is 22.4 Å². The van der Waals surface area contributed by atoms with Gasteiger partial charge in [0.2, 0.25) is 0 Å². The molecule has 0 saturated carbocycles. The summed E-state index contributed by atoms with van der Waals surface area (Å²) in [4.78, 5) is 14.5. The van der Waals surface area contributed by atoms with Gasteiger partial charge in [-0.15, -0.1) is 0 Å². The van der Waals surface area contributed by atoms with Crippen LogP contribution in [-0.4, -0.2) is 19.4 Å². The molecule has 0 atom stereocenters. The summed E-state index contributed by atoms with van der Waals surface area (Å²) in [6, 6.07) is 21.8. The van der Waals surface area contributed by atoms with E-state index in [4.69, 9.17) is 9.97 Å². The lowest BCUT2D eigenvalue weighted by Gasteiger charge is -2.11. The number of hydrogen-bond acceptors (Lipinski definition) is 3. The van der Waals surface area contributed by atoms with Crippen LogP contribution < -0.4 is 0 Å². The molecule has 0 saturated heterocycles. The van der Waals surface area contributed by atoms with E-state index >= 15 is 0 Å². The molecule has 0 bridgehead atoms. The summed E-state index contributed by atoms with van der Waals surface area (Å²) in [7, 11) is 0. The van der Waals surface area contributed by atoms with Gasteiger partial charge in [0.1, 0.15) is 16.7 Å². The Balaban J connectivity index is 1.49. The van der Waals surface area contributed by atoms with Gasteiger partial charge in [0.05, 0.1) is 16.9 Å². The first kappa shape index (κ1) is 15.7. The van der Waals surface area contributed by atoms with Gasteiger partial charge in [-0.25, -0.2) is 4.98 Å². The second-order valence-corrected chi connectivity index (χ2v) is 8.51. The second kappa shape index (κ2) is 5.35. The third-order valence-corrected chi connectivity index (χ3v) is 6.88. The van der Waals surface area contributed by atoms with E-state index in [1.807, 2.05) is 24.5 Å². The van der Waals surface area contributed by atoms with Crippen molar-refractivity contribution in [2.45, 2.75) is 12.8 Å². The highest BCUT2D eigenvalue weighted by molar-refractivity contribution is 6.09. The van der Waals surface area contributed by atoms with Crippen LogP contribution in [0.3, 0.4) is 0 Å². The Kier molecular flexibility index (Phi) is 2.72. The first-order chi connectivity index (χ1) is 15.4. The van der Waals surface area contributed by atoms with Crippen molar-refractivity contribution >= 4 is 27.6 Å². The first-order valence-electron chi connectivity index (χ1n) is 10.6. The molecule has 2 aliphatic carbocycles. The third-order valence-electron chi connectivity index (χ3n) is 6.88. The molecule has 4 heterocycles. The molecule has 31 heavy (non-hydrogen) atoms. The number of fused-ring (bicyclic) bond motifs is 13. The van der Waals surface area contributed by atoms with Gasteiger partial charge in [0.15, 0.2) is 0 Å². The molecule has 0 radical (unpaired) electrons. The normalized spacial score (nSPS) is 13.5. The van der Waals surface area contributed by atoms with Crippen molar-refractivity contribution in [3.63, 3.8) is 0 Å². The SMILES string of the molecule is c1ccc2c(c1)Cc1cc3c(cc1-2)Cc1nc2c4cccnc4c4ncccc4n2c1-3.